The Morgan fingerprint density at radius 3 is 2.95 bits per heavy atom. The fraction of sp³-hybridized carbons (Fsp3) is 0.786. The van der Waals surface area contributed by atoms with Crippen LogP contribution in [0.4, 0.5) is 0 Å². The van der Waals surface area contributed by atoms with Crippen LogP contribution in [0.2, 0.25) is 0 Å². The van der Waals surface area contributed by atoms with Crippen LogP contribution in [0.15, 0.2) is 6.20 Å². The van der Waals surface area contributed by atoms with Gasteiger partial charge in [0.25, 0.3) is 0 Å². The maximum Gasteiger partial charge on any atom is 0.161 e. The quantitative estimate of drug-likeness (QED) is 0.873. The largest absolute Gasteiger partial charge is 0.493 e. The molecule has 0 saturated carbocycles. The summed E-state index contributed by atoms with van der Waals surface area (Å²) in [6, 6.07) is 0.416. The van der Waals surface area contributed by atoms with Gasteiger partial charge in [0.15, 0.2) is 5.75 Å². The molecule has 2 heterocycles. The number of nitrogens with zero attached hydrogens (tertiary/aromatic N) is 2. The van der Waals surface area contributed by atoms with Crippen LogP contribution in [0.25, 0.3) is 0 Å². The molecule has 2 atom stereocenters. The molecular weight excluding hydrogens is 274 g/mol. The molecule has 0 radical (unpaired) electrons. The van der Waals surface area contributed by atoms with Crippen molar-refractivity contribution >= 4 is 11.8 Å². The predicted octanol–water partition coefficient (Wildman–Crippen LogP) is 2.26. The van der Waals surface area contributed by atoms with E-state index >= 15 is 0 Å². The maximum atomic E-state index is 5.97. The molecule has 1 aromatic rings. The molecule has 2 unspecified atom stereocenters. The van der Waals surface area contributed by atoms with E-state index in [1.165, 1.54) is 0 Å². The van der Waals surface area contributed by atoms with Crippen molar-refractivity contribution in [2.75, 3.05) is 31.8 Å². The van der Waals surface area contributed by atoms with Crippen LogP contribution in [-0.4, -0.2) is 47.7 Å². The smallest absolute Gasteiger partial charge is 0.161 e. The Hall–Kier alpha value is -0.720. The second-order valence-electron chi connectivity index (χ2n) is 5.16. The van der Waals surface area contributed by atoms with E-state index in [1.54, 1.807) is 13.3 Å². The molecule has 114 valence electrons. The summed E-state index contributed by atoms with van der Waals surface area (Å²) >= 11 is 1.95. The Morgan fingerprint density at radius 1 is 1.60 bits per heavy atom. The minimum Gasteiger partial charge on any atom is -0.493 e. The number of nitrogens with one attached hydrogen (secondary N) is 1. The van der Waals surface area contributed by atoms with E-state index in [-0.39, 0.29) is 12.1 Å². The summed E-state index contributed by atoms with van der Waals surface area (Å²) in [6.07, 6.45) is 1.96. The molecule has 0 aliphatic carbocycles. The molecule has 2 rings (SSSR count). The van der Waals surface area contributed by atoms with E-state index in [2.05, 4.69) is 31.2 Å². The first-order valence-electron chi connectivity index (χ1n) is 7.23. The highest BCUT2D eigenvalue weighted by Gasteiger charge is 2.31. The summed E-state index contributed by atoms with van der Waals surface area (Å²) in [6.45, 7) is 8.09. The Kier molecular flexibility index (Phi) is 5.74. The lowest BCUT2D eigenvalue weighted by molar-refractivity contribution is 0.0438. The average molecular weight is 299 g/mol. The fourth-order valence-electron chi connectivity index (χ4n) is 2.54. The molecule has 6 heteroatoms. The third kappa shape index (κ3) is 3.30. The first-order chi connectivity index (χ1) is 9.69. The number of hydrogen-bond acceptors (Lipinski definition) is 5. The molecule has 1 aromatic heterocycles. The van der Waals surface area contributed by atoms with Crippen molar-refractivity contribution in [1.82, 2.24) is 15.1 Å². The lowest BCUT2D eigenvalue weighted by Gasteiger charge is -2.32. The molecule has 20 heavy (non-hydrogen) atoms. The van der Waals surface area contributed by atoms with E-state index in [9.17, 15) is 0 Å². The Bertz CT molecular complexity index is 417. The van der Waals surface area contributed by atoms with Gasteiger partial charge in [-0.25, -0.2) is 0 Å². The van der Waals surface area contributed by atoms with Gasteiger partial charge < -0.3 is 14.8 Å². The van der Waals surface area contributed by atoms with Gasteiger partial charge in [0, 0.05) is 17.5 Å². The van der Waals surface area contributed by atoms with Crippen molar-refractivity contribution in [3.63, 3.8) is 0 Å². The normalized spacial score (nSPS) is 21.1. The molecule has 5 nitrogen and oxygen atoms in total. The highest BCUT2D eigenvalue weighted by atomic mass is 32.2. The Morgan fingerprint density at radius 2 is 2.40 bits per heavy atom. The summed E-state index contributed by atoms with van der Waals surface area (Å²) in [5.41, 5.74) is 1.09. The standard InChI is InChI=1S/C14H25N3O2S/c1-5-15-13(12-9-20-7-6-19-12)14-11(18-4)8-16-17(14)10(2)3/h8,10,12-13,15H,5-7,9H2,1-4H3. The summed E-state index contributed by atoms with van der Waals surface area (Å²) in [5.74, 6) is 2.92. The van der Waals surface area contributed by atoms with E-state index in [0.29, 0.717) is 6.04 Å². The summed E-state index contributed by atoms with van der Waals surface area (Å²) < 4.78 is 13.5. The number of likely N-dealkylation sites (N-methyl/N-ethyl adjacent to an activating group) is 1. The van der Waals surface area contributed by atoms with E-state index in [1.807, 2.05) is 16.4 Å². The van der Waals surface area contributed by atoms with Gasteiger partial charge >= 0.3 is 0 Å². The van der Waals surface area contributed by atoms with Crippen molar-refractivity contribution in [2.45, 2.75) is 39.0 Å². The number of aromatic nitrogens is 2. The van der Waals surface area contributed by atoms with Crippen molar-refractivity contribution in [3.05, 3.63) is 11.9 Å². The van der Waals surface area contributed by atoms with Crippen molar-refractivity contribution in [2.24, 2.45) is 0 Å². The molecule has 1 aliphatic heterocycles. The van der Waals surface area contributed by atoms with Crippen LogP contribution < -0.4 is 10.1 Å². The molecule has 0 aromatic carbocycles. The van der Waals surface area contributed by atoms with Gasteiger partial charge in [0.2, 0.25) is 0 Å². The maximum absolute atomic E-state index is 5.97. The number of hydrogen-bond donors (Lipinski definition) is 1. The lowest BCUT2D eigenvalue weighted by atomic mass is 10.1. The van der Waals surface area contributed by atoms with Crippen LogP contribution >= 0.6 is 11.8 Å². The van der Waals surface area contributed by atoms with Crippen LogP contribution in [-0.2, 0) is 4.74 Å². The SMILES string of the molecule is CCNC(c1c(OC)cnn1C(C)C)C1CSCCO1. The van der Waals surface area contributed by atoms with Crippen molar-refractivity contribution in [1.29, 1.82) is 0 Å². The van der Waals surface area contributed by atoms with Gasteiger partial charge in [-0.15, -0.1) is 0 Å². The van der Waals surface area contributed by atoms with Gasteiger partial charge in [0.05, 0.1) is 32.1 Å². The van der Waals surface area contributed by atoms with Gasteiger partial charge in [-0.3, -0.25) is 4.68 Å². The molecule has 1 N–H and O–H groups in total. The minimum absolute atomic E-state index is 0.118. The van der Waals surface area contributed by atoms with Gasteiger partial charge in [-0.2, -0.15) is 16.9 Å². The first-order valence-corrected chi connectivity index (χ1v) is 8.38. The molecule has 1 fully saturated rings. The topological polar surface area (TPSA) is 48.3 Å². The van der Waals surface area contributed by atoms with Crippen molar-refractivity contribution < 1.29 is 9.47 Å². The predicted molar refractivity (Wildman–Crippen MR) is 82.6 cm³/mol. The Balaban J connectivity index is 2.33. The van der Waals surface area contributed by atoms with E-state index in [0.717, 1.165) is 36.1 Å². The molecule has 1 aliphatic rings. The molecular formula is C14H25N3O2S. The summed E-state index contributed by atoms with van der Waals surface area (Å²) in [5, 5.41) is 8.02. The van der Waals surface area contributed by atoms with Crippen LogP contribution in [0, 0.1) is 0 Å². The highest BCUT2D eigenvalue weighted by molar-refractivity contribution is 7.99. The zero-order chi connectivity index (χ0) is 14.5. The second-order valence-corrected chi connectivity index (χ2v) is 6.31. The second kappa shape index (κ2) is 7.33. The van der Waals surface area contributed by atoms with Crippen molar-refractivity contribution in [3.8, 4) is 5.75 Å². The number of methoxy groups -OCH3 is 1. The molecule has 1 saturated heterocycles. The van der Waals surface area contributed by atoms with Crippen LogP contribution in [0.1, 0.15) is 38.5 Å². The summed E-state index contributed by atoms with van der Waals surface area (Å²) in [4.78, 5) is 0. The minimum atomic E-state index is 0.118. The number of thioether (sulfide) groups is 1. The lowest BCUT2D eigenvalue weighted by Crippen LogP contribution is -2.39. The van der Waals surface area contributed by atoms with Gasteiger partial charge in [-0.1, -0.05) is 6.92 Å². The average Bonchev–Trinajstić information content (AvgIpc) is 2.89. The van der Waals surface area contributed by atoms with E-state index < -0.39 is 0 Å². The van der Waals surface area contributed by atoms with Crippen LogP contribution in [0.3, 0.4) is 0 Å². The van der Waals surface area contributed by atoms with E-state index in [4.69, 9.17) is 9.47 Å². The molecule has 0 amide bonds. The first kappa shape index (κ1) is 15.7. The van der Waals surface area contributed by atoms with Gasteiger partial charge in [0.1, 0.15) is 5.69 Å². The summed E-state index contributed by atoms with van der Waals surface area (Å²) in [7, 11) is 1.70. The molecule has 0 bridgehead atoms. The monoisotopic (exact) mass is 299 g/mol. The zero-order valence-corrected chi connectivity index (χ0v) is 13.6. The Labute approximate surface area is 125 Å². The zero-order valence-electron chi connectivity index (χ0n) is 12.8. The molecule has 0 spiro atoms. The highest BCUT2D eigenvalue weighted by Crippen LogP contribution is 2.33. The number of rotatable bonds is 6. The third-order valence-corrected chi connectivity index (χ3v) is 4.46. The number of ether oxygens (including phenoxy) is 2. The fourth-order valence-corrected chi connectivity index (χ4v) is 3.44. The van der Waals surface area contributed by atoms with Gasteiger partial charge in [-0.05, 0) is 20.4 Å². The van der Waals surface area contributed by atoms with Crippen LogP contribution in [0.5, 0.6) is 5.75 Å². The third-order valence-electron chi connectivity index (χ3n) is 3.44.